The van der Waals surface area contributed by atoms with Crippen LogP contribution in [0.15, 0.2) is 11.9 Å². The Hall–Kier alpha value is -1.42. The van der Waals surface area contributed by atoms with Gasteiger partial charge in [0.1, 0.15) is 5.01 Å². The number of anilines is 1. The summed E-state index contributed by atoms with van der Waals surface area (Å²) in [5, 5.41) is 10.5. The molecule has 0 saturated carbocycles. The summed E-state index contributed by atoms with van der Waals surface area (Å²) in [7, 11) is 1.63. The Morgan fingerprint density at radius 3 is 2.80 bits per heavy atom. The fourth-order valence-corrected chi connectivity index (χ4v) is 1.98. The first-order valence-corrected chi connectivity index (χ1v) is 7.05. The smallest absolute Gasteiger partial charge is 0.203 e. The maximum Gasteiger partial charge on any atom is 0.203 e. The molecule has 0 radical (unpaired) electrons. The van der Waals surface area contributed by atoms with Gasteiger partial charge in [-0.1, -0.05) is 11.3 Å². The number of hydrogen-bond acceptors (Lipinski definition) is 9. The van der Waals surface area contributed by atoms with Gasteiger partial charge in [-0.25, -0.2) is 5.84 Å². The van der Waals surface area contributed by atoms with Crippen LogP contribution >= 0.6 is 11.3 Å². The number of nitrogens with zero attached hydrogens (tertiary/aromatic N) is 3. The summed E-state index contributed by atoms with van der Waals surface area (Å²) in [4.78, 5) is 0. The normalized spacial score (nSPS) is 11.8. The Kier molecular flexibility index (Phi) is 7.88. The van der Waals surface area contributed by atoms with Gasteiger partial charge in [0, 0.05) is 25.4 Å². The average molecular weight is 302 g/mol. The first kappa shape index (κ1) is 16.6. The number of hydrazine groups is 1. The molecule has 6 N–H and O–H groups in total. The number of nitrogen functional groups attached to an aromatic ring is 1. The van der Waals surface area contributed by atoms with E-state index in [1.165, 1.54) is 16.3 Å². The largest absolute Gasteiger partial charge is 0.401 e. The maximum absolute atomic E-state index is 5.89. The van der Waals surface area contributed by atoms with E-state index in [2.05, 4.69) is 10.2 Å². The molecule has 1 heterocycles. The molecule has 0 amide bonds. The second-order valence-electron chi connectivity index (χ2n) is 4.08. The molecule has 0 unspecified atom stereocenters. The van der Waals surface area contributed by atoms with E-state index in [-0.39, 0.29) is 0 Å². The lowest BCUT2D eigenvalue weighted by atomic mass is 10.2. The molecule has 0 aromatic carbocycles. The Morgan fingerprint density at radius 2 is 2.15 bits per heavy atom. The summed E-state index contributed by atoms with van der Waals surface area (Å²) in [5.74, 6) is 5.78. The first-order chi connectivity index (χ1) is 9.61. The van der Waals surface area contributed by atoms with Crippen molar-refractivity contribution < 1.29 is 9.47 Å². The molecule has 9 heteroatoms. The standard InChI is InChI=1S/C11H22N6O2S/c1-18-6-7-19-5-4-17(14)8-9(12)2-3-10-15-16-11(13)20-10/h8H,2-7,12,14H2,1H3,(H2,13,16)/b9-8-. The number of methoxy groups -OCH3 is 1. The van der Waals surface area contributed by atoms with Crippen LogP contribution in [0.5, 0.6) is 0 Å². The van der Waals surface area contributed by atoms with Crippen molar-refractivity contribution in [3.63, 3.8) is 0 Å². The monoisotopic (exact) mass is 302 g/mol. The number of hydrogen-bond donors (Lipinski definition) is 3. The van der Waals surface area contributed by atoms with Gasteiger partial charge in [0.25, 0.3) is 0 Å². The van der Waals surface area contributed by atoms with E-state index in [1.54, 1.807) is 13.3 Å². The van der Waals surface area contributed by atoms with Crippen LogP contribution in [0, 0.1) is 0 Å². The topological polar surface area (TPSA) is 126 Å². The number of aromatic nitrogens is 2. The third kappa shape index (κ3) is 7.24. The van der Waals surface area contributed by atoms with Gasteiger partial charge >= 0.3 is 0 Å². The second-order valence-corrected chi connectivity index (χ2v) is 5.17. The number of aryl methyl sites for hydroxylation is 1. The molecule has 0 spiro atoms. The van der Waals surface area contributed by atoms with Gasteiger partial charge in [0.15, 0.2) is 0 Å². The van der Waals surface area contributed by atoms with Crippen LogP contribution in [0.25, 0.3) is 0 Å². The molecule has 0 bridgehead atoms. The summed E-state index contributed by atoms with van der Waals surface area (Å²) in [6.45, 7) is 2.22. The van der Waals surface area contributed by atoms with Crippen molar-refractivity contribution in [2.24, 2.45) is 11.6 Å². The molecule has 0 aliphatic carbocycles. The zero-order valence-electron chi connectivity index (χ0n) is 11.6. The van der Waals surface area contributed by atoms with E-state index in [0.29, 0.717) is 50.0 Å². The minimum Gasteiger partial charge on any atom is -0.401 e. The van der Waals surface area contributed by atoms with Crippen molar-refractivity contribution in [1.29, 1.82) is 0 Å². The van der Waals surface area contributed by atoms with Crippen molar-refractivity contribution in [3.05, 3.63) is 16.9 Å². The average Bonchev–Trinajstić information content (AvgIpc) is 2.82. The van der Waals surface area contributed by atoms with Crippen LogP contribution in [0.1, 0.15) is 11.4 Å². The number of rotatable bonds is 10. The van der Waals surface area contributed by atoms with Crippen LogP contribution in [0.2, 0.25) is 0 Å². The molecule has 1 aromatic rings. The molecule has 0 aliphatic heterocycles. The van der Waals surface area contributed by atoms with E-state index in [9.17, 15) is 0 Å². The summed E-state index contributed by atoms with van der Waals surface area (Å²) < 4.78 is 10.2. The Balaban J connectivity index is 2.18. The quantitative estimate of drug-likeness (QED) is 0.305. The molecule has 20 heavy (non-hydrogen) atoms. The van der Waals surface area contributed by atoms with Gasteiger partial charge in [-0.15, -0.1) is 10.2 Å². The highest BCUT2D eigenvalue weighted by atomic mass is 32.1. The predicted octanol–water partition coefficient (Wildman–Crippen LogP) is -0.308. The molecule has 0 aliphatic rings. The predicted molar refractivity (Wildman–Crippen MR) is 78.5 cm³/mol. The van der Waals surface area contributed by atoms with Crippen molar-refractivity contribution in [3.8, 4) is 0 Å². The molecule has 0 atom stereocenters. The highest BCUT2D eigenvalue weighted by Gasteiger charge is 2.02. The van der Waals surface area contributed by atoms with Crippen molar-refractivity contribution >= 4 is 16.5 Å². The molecule has 0 saturated heterocycles. The zero-order valence-corrected chi connectivity index (χ0v) is 12.4. The minimum atomic E-state index is 0.469. The summed E-state index contributed by atoms with van der Waals surface area (Å²) >= 11 is 1.37. The zero-order chi connectivity index (χ0) is 14.8. The highest BCUT2D eigenvalue weighted by Crippen LogP contribution is 2.13. The van der Waals surface area contributed by atoms with Gasteiger partial charge in [0.2, 0.25) is 5.13 Å². The fourth-order valence-electron chi connectivity index (χ4n) is 1.38. The van der Waals surface area contributed by atoms with Gasteiger partial charge in [-0.2, -0.15) is 0 Å². The molecule has 114 valence electrons. The molecular formula is C11H22N6O2S. The number of allylic oxidation sites excluding steroid dienone is 1. The van der Waals surface area contributed by atoms with Gasteiger partial charge in [0.05, 0.1) is 26.4 Å². The van der Waals surface area contributed by atoms with Crippen LogP contribution in [-0.2, 0) is 15.9 Å². The van der Waals surface area contributed by atoms with Crippen LogP contribution in [0.4, 0.5) is 5.13 Å². The molecule has 1 aromatic heterocycles. The van der Waals surface area contributed by atoms with Crippen LogP contribution in [-0.4, -0.2) is 48.7 Å². The molecule has 8 nitrogen and oxygen atoms in total. The third-order valence-corrected chi connectivity index (χ3v) is 3.18. The Labute approximate surface area is 122 Å². The van der Waals surface area contributed by atoms with Crippen molar-refractivity contribution in [2.45, 2.75) is 12.8 Å². The minimum absolute atomic E-state index is 0.469. The maximum atomic E-state index is 5.89. The lowest BCUT2D eigenvalue weighted by Crippen LogP contribution is -2.30. The van der Waals surface area contributed by atoms with Crippen molar-refractivity contribution in [2.75, 3.05) is 39.2 Å². The Morgan fingerprint density at radius 1 is 1.35 bits per heavy atom. The van der Waals surface area contributed by atoms with Crippen molar-refractivity contribution in [1.82, 2.24) is 15.2 Å². The first-order valence-electron chi connectivity index (χ1n) is 6.24. The van der Waals surface area contributed by atoms with E-state index in [0.717, 1.165) is 5.01 Å². The molecule has 1 rings (SSSR count). The highest BCUT2D eigenvalue weighted by molar-refractivity contribution is 7.15. The lowest BCUT2D eigenvalue weighted by Gasteiger charge is -2.14. The van der Waals surface area contributed by atoms with E-state index in [1.807, 2.05) is 0 Å². The van der Waals surface area contributed by atoms with Gasteiger partial charge < -0.3 is 25.9 Å². The molecular weight excluding hydrogens is 280 g/mol. The number of ether oxygens (including phenoxy) is 2. The van der Waals surface area contributed by atoms with E-state index in [4.69, 9.17) is 26.8 Å². The van der Waals surface area contributed by atoms with E-state index < -0.39 is 0 Å². The third-order valence-electron chi connectivity index (χ3n) is 2.37. The summed E-state index contributed by atoms with van der Waals surface area (Å²) in [6, 6.07) is 0. The molecule has 0 fully saturated rings. The lowest BCUT2D eigenvalue weighted by molar-refractivity contribution is 0.0627. The summed E-state index contributed by atoms with van der Waals surface area (Å²) in [6.07, 6.45) is 3.06. The van der Waals surface area contributed by atoms with Crippen LogP contribution in [0.3, 0.4) is 0 Å². The van der Waals surface area contributed by atoms with Gasteiger partial charge in [-0.05, 0) is 6.42 Å². The Bertz CT molecular complexity index is 411. The summed E-state index contributed by atoms with van der Waals surface area (Å²) in [5.41, 5.74) is 12.1. The fraction of sp³-hybridized carbons (Fsp3) is 0.636. The van der Waals surface area contributed by atoms with E-state index >= 15 is 0 Å². The SMILES string of the molecule is COCCOCCN(N)/C=C(\N)CCc1nnc(N)s1. The second kappa shape index (κ2) is 9.48. The van der Waals surface area contributed by atoms with Gasteiger partial charge in [-0.3, -0.25) is 0 Å². The van der Waals surface area contributed by atoms with Crippen LogP contribution < -0.4 is 17.3 Å². The number of nitrogens with two attached hydrogens (primary N) is 3.